The molecule has 1 fully saturated rings. The molecule has 2 aromatic rings. The number of aliphatic carboxylic acids is 1. The smallest absolute Gasteiger partial charge is 0.338 e. The zero-order valence-corrected chi connectivity index (χ0v) is 22.9. The largest absolute Gasteiger partial charge is 0.479 e. The third-order valence-electron chi connectivity index (χ3n) is 5.54. The van der Waals surface area contributed by atoms with E-state index in [1.165, 1.54) is 24.3 Å². The Bertz CT molecular complexity index is 1140. The van der Waals surface area contributed by atoms with Crippen LogP contribution in [-0.4, -0.2) is 70.0 Å². The van der Waals surface area contributed by atoms with Gasteiger partial charge in [0, 0.05) is 6.61 Å². The lowest BCUT2D eigenvalue weighted by Gasteiger charge is -2.43. The molecule has 0 aromatic heterocycles. The molecule has 210 valence electrons. The number of rotatable bonds is 10. The summed E-state index contributed by atoms with van der Waals surface area (Å²) in [7, 11) is 0. The summed E-state index contributed by atoms with van der Waals surface area (Å²) in [5, 5.41) is 18.0. The van der Waals surface area contributed by atoms with Gasteiger partial charge in [0.25, 0.3) is 3.79 Å². The SMILES string of the molecule is CCCCOC1C(OC(=O)c2ccccc2)C(OC(=N)C(Cl)(Cl)Cl)OC(C(=O)O)C1OC(=O)c1ccccc1. The molecule has 0 amide bonds. The zero-order chi connectivity index (χ0) is 28.6. The van der Waals surface area contributed by atoms with Crippen molar-refractivity contribution in [2.75, 3.05) is 6.61 Å². The lowest BCUT2D eigenvalue weighted by Crippen LogP contribution is -2.64. The number of ether oxygens (including phenoxy) is 5. The van der Waals surface area contributed by atoms with Crippen molar-refractivity contribution in [2.45, 2.75) is 54.3 Å². The van der Waals surface area contributed by atoms with Gasteiger partial charge in [-0.3, -0.25) is 5.41 Å². The molecule has 0 saturated carbocycles. The highest BCUT2D eigenvalue weighted by atomic mass is 35.6. The van der Waals surface area contributed by atoms with Crippen molar-refractivity contribution in [1.29, 1.82) is 5.41 Å². The number of alkyl halides is 3. The van der Waals surface area contributed by atoms with Crippen LogP contribution in [0.4, 0.5) is 0 Å². The van der Waals surface area contributed by atoms with Gasteiger partial charge in [0.2, 0.25) is 12.2 Å². The van der Waals surface area contributed by atoms with E-state index in [2.05, 4.69) is 0 Å². The molecule has 0 radical (unpaired) electrons. The molecule has 0 bridgehead atoms. The first-order valence-electron chi connectivity index (χ1n) is 11.9. The quantitative estimate of drug-likeness (QED) is 0.129. The molecule has 13 heteroatoms. The molecule has 3 rings (SSSR count). The van der Waals surface area contributed by atoms with E-state index in [-0.39, 0.29) is 17.7 Å². The molecule has 0 spiro atoms. The number of unbranched alkanes of at least 4 members (excludes halogenated alkanes) is 1. The van der Waals surface area contributed by atoms with Gasteiger partial charge in [-0.05, 0) is 30.7 Å². The van der Waals surface area contributed by atoms with Crippen LogP contribution in [0.5, 0.6) is 0 Å². The van der Waals surface area contributed by atoms with Gasteiger partial charge in [0.1, 0.15) is 6.10 Å². The minimum atomic E-state index is -2.34. The van der Waals surface area contributed by atoms with Crippen LogP contribution in [0.1, 0.15) is 40.5 Å². The Morgan fingerprint density at radius 3 is 1.85 bits per heavy atom. The molecule has 0 aliphatic carbocycles. The molecular formula is C26H26Cl3NO9. The van der Waals surface area contributed by atoms with Crippen LogP contribution in [0, 0.1) is 5.41 Å². The third kappa shape index (κ3) is 8.30. The third-order valence-corrected chi connectivity index (χ3v) is 6.06. The minimum absolute atomic E-state index is 0.0842. The number of esters is 2. The van der Waals surface area contributed by atoms with Crippen molar-refractivity contribution < 1.29 is 43.2 Å². The molecule has 5 unspecified atom stereocenters. The number of carbonyl (C=O) groups excluding carboxylic acids is 2. The maximum Gasteiger partial charge on any atom is 0.338 e. The van der Waals surface area contributed by atoms with Crippen LogP contribution in [0.15, 0.2) is 60.7 Å². The fourth-order valence-electron chi connectivity index (χ4n) is 3.63. The molecule has 2 aromatic carbocycles. The highest BCUT2D eigenvalue weighted by molar-refractivity contribution is 6.76. The Kier molecular flexibility index (Phi) is 11.0. The zero-order valence-electron chi connectivity index (χ0n) is 20.6. The molecule has 1 heterocycles. The van der Waals surface area contributed by atoms with Gasteiger partial charge in [-0.25, -0.2) is 14.4 Å². The Hall–Kier alpha value is -2.89. The van der Waals surface area contributed by atoms with Gasteiger partial charge in [-0.15, -0.1) is 0 Å². The van der Waals surface area contributed by atoms with E-state index < -0.39 is 58.3 Å². The van der Waals surface area contributed by atoms with Crippen molar-refractivity contribution in [3.63, 3.8) is 0 Å². The van der Waals surface area contributed by atoms with E-state index in [4.69, 9.17) is 63.9 Å². The lowest BCUT2D eigenvalue weighted by atomic mass is 9.97. The van der Waals surface area contributed by atoms with Gasteiger partial charge < -0.3 is 28.8 Å². The number of benzene rings is 2. The number of halogens is 3. The van der Waals surface area contributed by atoms with Gasteiger partial charge in [0.15, 0.2) is 18.3 Å². The van der Waals surface area contributed by atoms with Crippen LogP contribution in [0.25, 0.3) is 0 Å². The van der Waals surface area contributed by atoms with Gasteiger partial charge >= 0.3 is 17.9 Å². The first-order chi connectivity index (χ1) is 18.5. The Morgan fingerprint density at radius 1 is 0.872 bits per heavy atom. The van der Waals surface area contributed by atoms with Crippen LogP contribution >= 0.6 is 34.8 Å². The van der Waals surface area contributed by atoms with Crippen LogP contribution in [-0.2, 0) is 28.5 Å². The van der Waals surface area contributed by atoms with Crippen molar-refractivity contribution >= 4 is 58.6 Å². The molecule has 1 saturated heterocycles. The normalized spacial score (nSPS) is 22.9. The monoisotopic (exact) mass is 601 g/mol. The number of hydrogen-bond acceptors (Lipinski definition) is 9. The van der Waals surface area contributed by atoms with Crippen molar-refractivity contribution in [3.05, 3.63) is 71.8 Å². The summed E-state index contributed by atoms with van der Waals surface area (Å²) in [6, 6.07) is 15.8. The van der Waals surface area contributed by atoms with Crippen molar-refractivity contribution in [2.24, 2.45) is 0 Å². The molecule has 1 aliphatic rings. The van der Waals surface area contributed by atoms with Crippen molar-refractivity contribution in [3.8, 4) is 0 Å². The van der Waals surface area contributed by atoms with Crippen molar-refractivity contribution in [1.82, 2.24) is 0 Å². The van der Waals surface area contributed by atoms with Crippen LogP contribution in [0.3, 0.4) is 0 Å². The maximum absolute atomic E-state index is 13.0. The number of carbonyl (C=O) groups is 3. The van der Waals surface area contributed by atoms with Gasteiger partial charge in [-0.2, -0.15) is 0 Å². The summed E-state index contributed by atoms with van der Waals surface area (Å²) in [5.74, 6) is -4.16. The number of hydrogen-bond donors (Lipinski definition) is 2. The second-order valence-electron chi connectivity index (χ2n) is 8.37. The summed E-state index contributed by atoms with van der Waals surface area (Å²) < 4.78 is 25.8. The minimum Gasteiger partial charge on any atom is -0.479 e. The first kappa shape index (κ1) is 30.6. The van der Waals surface area contributed by atoms with E-state index >= 15 is 0 Å². The second kappa shape index (κ2) is 14.0. The molecule has 5 atom stereocenters. The Balaban J connectivity index is 2.03. The fraction of sp³-hybridized carbons (Fsp3) is 0.385. The summed E-state index contributed by atoms with van der Waals surface area (Å²) in [4.78, 5) is 38.3. The lowest BCUT2D eigenvalue weighted by molar-refractivity contribution is -0.281. The average Bonchev–Trinajstić information content (AvgIpc) is 2.91. The van der Waals surface area contributed by atoms with E-state index in [1.807, 2.05) is 6.92 Å². The fourth-order valence-corrected chi connectivity index (χ4v) is 3.76. The predicted molar refractivity (Wildman–Crippen MR) is 141 cm³/mol. The van der Waals surface area contributed by atoms with Crippen LogP contribution in [0.2, 0.25) is 0 Å². The average molecular weight is 603 g/mol. The molecule has 1 aliphatic heterocycles. The number of nitrogens with one attached hydrogen (secondary N) is 1. The van der Waals surface area contributed by atoms with E-state index in [9.17, 15) is 19.5 Å². The summed E-state index contributed by atoms with van der Waals surface area (Å²) in [5.41, 5.74) is 0.293. The topological polar surface area (TPSA) is 141 Å². The summed E-state index contributed by atoms with van der Waals surface area (Å²) in [6.45, 7) is 1.99. The maximum atomic E-state index is 13.0. The molecular weight excluding hydrogens is 577 g/mol. The van der Waals surface area contributed by atoms with Gasteiger partial charge in [0.05, 0.1) is 11.1 Å². The van der Waals surface area contributed by atoms with Crippen LogP contribution < -0.4 is 0 Å². The van der Waals surface area contributed by atoms with E-state index in [0.29, 0.717) is 12.8 Å². The second-order valence-corrected chi connectivity index (χ2v) is 10.7. The van der Waals surface area contributed by atoms with E-state index in [0.717, 1.165) is 0 Å². The predicted octanol–water partition coefficient (Wildman–Crippen LogP) is 4.80. The summed E-state index contributed by atoms with van der Waals surface area (Å²) in [6.07, 6.45) is -6.92. The molecule has 10 nitrogen and oxygen atoms in total. The highest BCUT2D eigenvalue weighted by Gasteiger charge is 2.55. The molecule has 2 N–H and O–H groups in total. The molecule has 39 heavy (non-hydrogen) atoms. The number of carboxylic acid groups (broad SMARTS) is 1. The standard InChI is InChI=1S/C26H26Cl3NO9/c1-2-3-14-35-17-18(36-22(33)15-10-6-4-7-11-15)19(21(31)32)38-24(39-25(30)26(27,28)29)20(17)37-23(34)16-12-8-5-9-13-16/h4-13,17-20,24,30H,2-3,14H2,1H3,(H,31,32). The highest BCUT2D eigenvalue weighted by Crippen LogP contribution is 2.34. The van der Waals surface area contributed by atoms with E-state index in [1.54, 1.807) is 36.4 Å². The summed E-state index contributed by atoms with van der Waals surface area (Å²) >= 11 is 17.3. The Labute approximate surface area is 239 Å². The number of carboxylic acids is 1. The first-order valence-corrected chi connectivity index (χ1v) is 13.0. The Morgan fingerprint density at radius 2 is 1.38 bits per heavy atom. The van der Waals surface area contributed by atoms with Gasteiger partial charge in [-0.1, -0.05) is 84.5 Å².